The number of aliphatic hydroxyl groups is 3. The van der Waals surface area contributed by atoms with Gasteiger partial charge in [-0.15, -0.1) is 0 Å². The number of ether oxygens (including phenoxy) is 1. The second-order valence-corrected chi connectivity index (χ2v) is 5.30. The minimum atomic E-state index is -4.76. The van der Waals surface area contributed by atoms with E-state index in [9.17, 15) is 24.7 Å². The molecule has 0 saturated carbocycles. The van der Waals surface area contributed by atoms with Gasteiger partial charge >= 0.3 is 7.82 Å². The molecule has 1 fully saturated rings. The second-order valence-electron chi connectivity index (χ2n) is 4.06. The minimum absolute atomic E-state index is 0.552. The highest BCUT2D eigenvalue weighted by atomic mass is 31.2. The lowest BCUT2D eigenvalue weighted by atomic mass is 9.97. The fourth-order valence-corrected chi connectivity index (χ4v) is 1.99. The van der Waals surface area contributed by atoms with E-state index in [1.807, 2.05) is 0 Å². The van der Waals surface area contributed by atoms with Crippen LogP contribution in [0.1, 0.15) is 6.92 Å². The molecule has 1 aliphatic rings. The Labute approximate surface area is 108 Å². The summed E-state index contributed by atoms with van der Waals surface area (Å²) < 4.78 is 19.5. The summed E-state index contributed by atoms with van der Waals surface area (Å²) in [4.78, 5) is 27.9. The molecule has 1 unspecified atom stereocenters. The van der Waals surface area contributed by atoms with Crippen molar-refractivity contribution in [3.05, 3.63) is 0 Å². The number of hydrogen-bond donors (Lipinski definition) is 6. The predicted octanol–water partition coefficient (Wildman–Crippen LogP) is -2.96. The molecule has 0 aromatic heterocycles. The first-order chi connectivity index (χ1) is 8.61. The first-order valence-electron chi connectivity index (χ1n) is 5.28. The first-order valence-corrected chi connectivity index (χ1v) is 6.81. The van der Waals surface area contributed by atoms with Crippen molar-refractivity contribution in [1.82, 2.24) is 5.32 Å². The van der Waals surface area contributed by atoms with Crippen molar-refractivity contribution in [1.29, 1.82) is 0 Å². The minimum Gasteiger partial charge on any atom is -0.388 e. The molecule has 1 heterocycles. The molecule has 0 aliphatic carbocycles. The van der Waals surface area contributed by atoms with Gasteiger partial charge in [-0.2, -0.15) is 0 Å². The Morgan fingerprint density at radius 3 is 2.37 bits per heavy atom. The topological polar surface area (TPSA) is 166 Å². The van der Waals surface area contributed by atoms with Crippen LogP contribution in [0.15, 0.2) is 0 Å². The molecule has 11 heteroatoms. The van der Waals surface area contributed by atoms with E-state index < -0.39 is 51.0 Å². The van der Waals surface area contributed by atoms with Crippen molar-refractivity contribution in [2.75, 3.05) is 6.61 Å². The van der Waals surface area contributed by atoms with Crippen LogP contribution in [0, 0.1) is 0 Å². The SMILES string of the molecule is CC(=O)N[C@@H]1C(O)[C@H](O)[C@@H](COP(=O)(O)O)O[C@H]1O. The number of rotatable bonds is 4. The maximum Gasteiger partial charge on any atom is 0.469 e. The lowest BCUT2D eigenvalue weighted by molar-refractivity contribution is -0.252. The molecule has 0 aromatic rings. The van der Waals surface area contributed by atoms with E-state index >= 15 is 0 Å². The van der Waals surface area contributed by atoms with E-state index in [0.717, 1.165) is 6.92 Å². The molecule has 5 atom stereocenters. The Morgan fingerprint density at radius 2 is 1.89 bits per heavy atom. The largest absolute Gasteiger partial charge is 0.469 e. The summed E-state index contributed by atoms with van der Waals surface area (Å²) >= 11 is 0. The third kappa shape index (κ3) is 4.79. The smallest absolute Gasteiger partial charge is 0.388 e. The number of amides is 1. The second kappa shape index (κ2) is 6.25. The van der Waals surface area contributed by atoms with Gasteiger partial charge in [0.25, 0.3) is 0 Å². The fourth-order valence-electron chi connectivity index (χ4n) is 1.65. The molecule has 0 radical (unpaired) electrons. The van der Waals surface area contributed by atoms with Gasteiger partial charge in [0.05, 0.1) is 6.61 Å². The number of hydrogen-bond acceptors (Lipinski definition) is 7. The third-order valence-corrected chi connectivity index (χ3v) is 2.98. The van der Waals surface area contributed by atoms with Gasteiger partial charge in [-0.25, -0.2) is 4.57 Å². The number of carbonyl (C=O) groups is 1. The molecule has 112 valence electrons. The first kappa shape index (κ1) is 16.5. The average Bonchev–Trinajstić information content (AvgIpc) is 2.26. The van der Waals surface area contributed by atoms with Gasteiger partial charge in [-0.3, -0.25) is 9.32 Å². The lowest BCUT2D eigenvalue weighted by Crippen LogP contribution is -2.64. The summed E-state index contributed by atoms with van der Waals surface area (Å²) in [5.41, 5.74) is 0. The summed E-state index contributed by atoms with van der Waals surface area (Å²) in [7, 11) is -4.76. The van der Waals surface area contributed by atoms with Crippen LogP contribution < -0.4 is 5.32 Å². The summed E-state index contributed by atoms with van der Waals surface area (Å²) in [6.07, 6.45) is -6.15. The van der Waals surface area contributed by atoms with Crippen molar-refractivity contribution in [3.8, 4) is 0 Å². The average molecular weight is 301 g/mol. The van der Waals surface area contributed by atoms with E-state index in [0.29, 0.717) is 0 Å². The Hall–Kier alpha value is -0.580. The molecule has 0 spiro atoms. The maximum atomic E-state index is 10.9. The van der Waals surface area contributed by atoms with Crippen LogP contribution >= 0.6 is 7.82 Å². The van der Waals surface area contributed by atoms with Gasteiger partial charge < -0.3 is 35.2 Å². The van der Waals surface area contributed by atoms with Gasteiger partial charge in [0.2, 0.25) is 5.91 Å². The van der Waals surface area contributed by atoms with Crippen molar-refractivity contribution >= 4 is 13.7 Å². The highest BCUT2D eigenvalue weighted by molar-refractivity contribution is 7.46. The van der Waals surface area contributed by atoms with Crippen LogP contribution in [0.2, 0.25) is 0 Å². The zero-order valence-electron chi connectivity index (χ0n) is 9.91. The standard InChI is InChI=1S/C8H16NO9P/c1-3(10)9-5-7(12)6(11)4(18-8(5)13)2-17-19(14,15)16/h4-8,11-13H,2H2,1H3,(H,9,10)(H2,14,15,16)/t4-,5-,6-,7?,8-/m1/s1. The molecule has 19 heavy (non-hydrogen) atoms. The van der Waals surface area contributed by atoms with Crippen LogP contribution in [0.4, 0.5) is 0 Å². The van der Waals surface area contributed by atoms with Crippen molar-refractivity contribution in [2.24, 2.45) is 0 Å². The molecule has 0 aromatic carbocycles. The van der Waals surface area contributed by atoms with Crippen LogP contribution in [0.25, 0.3) is 0 Å². The Kier molecular flexibility index (Phi) is 5.42. The van der Waals surface area contributed by atoms with Gasteiger partial charge in [-0.1, -0.05) is 0 Å². The molecule has 10 nitrogen and oxygen atoms in total. The van der Waals surface area contributed by atoms with Crippen molar-refractivity contribution in [2.45, 2.75) is 37.6 Å². The Balaban J connectivity index is 2.66. The van der Waals surface area contributed by atoms with E-state index in [-0.39, 0.29) is 0 Å². The Bertz CT molecular complexity index is 371. The maximum absolute atomic E-state index is 10.9. The molecule has 1 amide bonds. The zero-order chi connectivity index (χ0) is 14.8. The predicted molar refractivity (Wildman–Crippen MR) is 58.5 cm³/mol. The molecule has 6 N–H and O–H groups in total. The number of phosphoric ester groups is 1. The summed E-state index contributed by atoms with van der Waals surface area (Å²) in [5.74, 6) is -0.552. The normalized spacial score (nSPS) is 36.0. The van der Waals surface area contributed by atoms with Gasteiger partial charge in [0.15, 0.2) is 6.29 Å². The molecular weight excluding hydrogens is 285 g/mol. The summed E-state index contributed by atoms with van der Waals surface area (Å²) in [6.45, 7) is 0.418. The van der Waals surface area contributed by atoms with Gasteiger partial charge in [0, 0.05) is 6.92 Å². The van der Waals surface area contributed by atoms with E-state index in [1.165, 1.54) is 0 Å². The zero-order valence-corrected chi connectivity index (χ0v) is 10.8. The summed E-state index contributed by atoms with van der Waals surface area (Å²) in [6, 6.07) is -1.25. The number of nitrogens with one attached hydrogen (secondary N) is 1. The lowest BCUT2D eigenvalue weighted by Gasteiger charge is -2.40. The van der Waals surface area contributed by atoms with Crippen molar-refractivity contribution in [3.63, 3.8) is 0 Å². The Morgan fingerprint density at radius 1 is 1.32 bits per heavy atom. The molecular formula is C8H16NO9P. The highest BCUT2D eigenvalue weighted by Crippen LogP contribution is 2.36. The molecule has 1 rings (SSSR count). The van der Waals surface area contributed by atoms with Crippen LogP contribution in [-0.2, 0) is 18.6 Å². The highest BCUT2D eigenvalue weighted by Gasteiger charge is 2.44. The monoisotopic (exact) mass is 301 g/mol. The fraction of sp³-hybridized carbons (Fsp3) is 0.875. The molecule has 1 aliphatic heterocycles. The molecule has 0 bridgehead atoms. The number of carbonyl (C=O) groups excluding carboxylic acids is 1. The van der Waals surface area contributed by atoms with Crippen molar-refractivity contribution < 1.29 is 43.7 Å². The summed E-state index contributed by atoms with van der Waals surface area (Å²) in [5, 5.41) is 31.1. The van der Waals surface area contributed by atoms with Crippen LogP contribution in [-0.4, -0.2) is 68.3 Å². The van der Waals surface area contributed by atoms with E-state index in [2.05, 4.69) is 9.84 Å². The van der Waals surface area contributed by atoms with Gasteiger partial charge in [0.1, 0.15) is 24.4 Å². The van der Waals surface area contributed by atoms with E-state index in [4.69, 9.17) is 14.5 Å². The quantitative estimate of drug-likeness (QED) is 0.297. The molecule has 1 saturated heterocycles. The number of aliphatic hydroxyl groups excluding tert-OH is 3. The number of phosphoric acid groups is 1. The van der Waals surface area contributed by atoms with Gasteiger partial charge in [-0.05, 0) is 0 Å². The van der Waals surface area contributed by atoms with Crippen LogP contribution in [0.3, 0.4) is 0 Å². The van der Waals surface area contributed by atoms with Crippen LogP contribution in [0.5, 0.6) is 0 Å². The third-order valence-electron chi connectivity index (χ3n) is 2.50. The van der Waals surface area contributed by atoms with E-state index in [1.54, 1.807) is 0 Å².